The number of rotatable bonds is 3. The lowest BCUT2D eigenvalue weighted by molar-refractivity contribution is 0.234. The van der Waals surface area contributed by atoms with Crippen LogP contribution in [0.1, 0.15) is 48.3 Å². The normalized spacial score (nSPS) is 15.6. The maximum Gasteiger partial charge on any atom is 0.133 e. The van der Waals surface area contributed by atoms with Crippen LogP contribution in [0.5, 0.6) is 0 Å². The lowest BCUT2D eigenvalue weighted by atomic mass is 10.1. The van der Waals surface area contributed by atoms with E-state index in [-0.39, 0.29) is 0 Å². The Kier molecular flexibility index (Phi) is 3.53. The standard InChI is InChI=1S/C15H20N4O/c1-10(2)15-16-7-12-8-19(5-4-14(12)17-15)9-13-6-11(3)20-18-13/h6-7,10H,4-5,8-9H2,1-3H3. The summed E-state index contributed by atoms with van der Waals surface area (Å²) in [5.74, 6) is 2.20. The lowest BCUT2D eigenvalue weighted by Crippen LogP contribution is -2.31. The summed E-state index contributed by atoms with van der Waals surface area (Å²) >= 11 is 0. The molecule has 0 fully saturated rings. The van der Waals surface area contributed by atoms with Gasteiger partial charge >= 0.3 is 0 Å². The van der Waals surface area contributed by atoms with Crippen LogP contribution < -0.4 is 0 Å². The van der Waals surface area contributed by atoms with Gasteiger partial charge in [0.05, 0.1) is 5.69 Å². The Morgan fingerprint density at radius 1 is 1.40 bits per heavy atom. The third-order valence-corrected chi connectivity index (χ3v) is 3.61. The molecule has 0 saturated carbocycles. The van der Waals surface area contributed by atoms with Crippen molar-refractivity contribution >= 4 is 0 Å². The van der Waals surface area contributed by atoms with Crippen molar-refractivity contribution in [2.24, 2.45) is 0 Å². The van der Waals surface area contributed by atoms with Gasteiger partial charge in [-0.25, -0.2) is 9.97 Å². The molecule has 0 aliphatic carbocycles. The highest BCUT2D eigenvalue weighted by Crippen LogP contribution is 2.20. The molecule has 5 heteroatoms. The van der Waals surface area contributed by atoms with Crippen molar-refractivity contribution in [1.82, 2.24) is 20.0 Å². The number of hydrogen-bond acceptors (Lipinski definition) is 5. The predicted octanol–water partition coefficient (Wildman–Crippen LogP) is 2.45. The second-order valence-electron chi connectivity index (χ2n) is 5.74. The predicted molar refractivity (Wildman–Crippen MR) is 75.2 cm³/mol. The van der Waals surface area contributed by atoms with E-state index < -0.39 is 0 Å². The number of hydrogen-bond donors (Lipinski definition) is 0. The molecule has 0 unspecified atom stereocenters. The molecular formula is C15H20N4O. The molecule has 0 amide bonds. The Morgan fingerprint density at radius 3 is 2.95 bits per heavy atom. The molecule has 106 valence electrons. The van der Waals surface area contributed by atoms with Gasteiger partial charge in [0.2, 0.25) is 0 Å². The molecule has 0 spiro atoms. The van der Waals surface area contributed by atoms with Gasteiger partial charge in [0.15, 0.2) is 0 Å². The number of fused-ring (bicyclic) bond motifs is 1. The van der Waals surface area contributed by atoms with Crippen LogP contribution in [0.25, 0.3) is 0 Å². The average molecular weight is 272 g/mol. The topological polar surface area (TPSA) is 55.1 Å². The van der Waals surface area contributed by atoms with Gasteiger partial charge in [-0.2, -0.15) is 0 Å². The Morgan fingerprint density at radius 2 is 2.25 bits per heavy atom. The number of nitrogens with zero attached hydrogens (tertiary/aromatic N) is 4. The Bertz CT molecular complexity index is 606. The maximum absolute atomic E-state index is 5.12. The molecule has 20 heavy (non-hydrogen) atoms. The van der Waals surface area contributed by atoms with Crippen LogP contribution in [0, 0.1) is 6.92 Å². The molecule has 0 atom stereocenters. The Labute approximate surface area is 119 Å². The van der Waals surface area contributed by atoms with Crippen molar-refractivity contribution in [1.29, 1.82) is 0 Å². The van der Waals surface area contributed by atoms with Crippen LogP contribution in [0.4, 0.5) is 0 Å². The van der Waals surface area contributed by atoms with Crippen LogP contribution >= 0.6 is 0 Å². The quantitative estimate of drug-likeness (QED) is 0.859. The average Bonchev–Trinajstić information content (AvgIpc) is 2.83. The molecule has 2 aromatic rings. The largest absolute Gasteiger partial charge is 0.361 e. The van der Waals surface area contributed by atoms with Crippen LogP contribution in [0.2, 0.25) is 0 Å². The summed E-state index contributed by atoms with van der Waals surface area (Å²) in [5.41, 5.74) is 3.43. The molecule has 3 heterocycles. The minimum Gasteiger partial charge on any atom is -0.361 e. The van der Waals surface area contributed by atoms with Crippen LogP contribution in [0.3, 0.4) is 0 Å². The molecule has 2 aromatic heterocycles. The van der Waals surface area contributed by atoms with E-state index in [4.69, 9.17) is 4.52 Å². The fraction of sp³-hybridized carbons (Fsp3) is 0.533. The molecule has 0 radical (unpaired) electrons. The highest BCUT2D eigenvalue weighted by Gasteiger charge is 2.20. The van der Waals surface area contributed by atoms with Gasteiger partial charge in [-0.1, -0.05) is 19.0 Å². The van der Waals surface area contributed by atoms with Gasteiger partial charge < -0.3 is 4.52 Å². The molecular weight excluding hydrogens is 252 g/mol. The Balaban J connectivity index is 1.72. The first-order valence-corrected chi connectivity index (χ1v) is 7.11. The monoisotopic (exact) mass is 272 g/mol. The van der Waals surface area contributed by atoms with Crippen LogP contribution in [-0.2, 0) is 19.5 Å². The zero-order valence-corrected chi connectivity index (χ0v) is 12.3. The van der Waals surface area contributed by atoms with Crippen molar-refractivity contribution in [3.05, 3.63) is 40.8 Å². The minimum absolute atomic E-state index is 0.386. The first kappa shape index (κ1) is 13.2. The molecule has 0 aromatic carbocycles. The highest BCUT2D eigenvalue weighted by atomic mass is 16.5. The molecule has 0 bridgehead atoms. The summed E-state index contributed by atoms with van der Waals surface area (Å²) in [4.78, 5) is 11.5. The summed E-state index contributed by atoms with van der Waals surface area (Å²) in [7, 11) is 0. The lowest BCUT2D eigenvalue weighted by Gasteiger charge is -2.27. The van der Waals surface area contributed by atoms with Gasteiger partial charge in [0.25, 0.3) is 0 Å². The minimum atomic E-state index is 0.386. The summed E-state index contributed by atoms with van der Waals surface area (Å²) in [6, 6.07) is 1.99. The van der Waals surface area contributed by atoms with Crippen molar-refractivity contribution in [3.63, 3.8) is 0 Å². The van der Waals surface area contributed by atoms with E-state index in [1.54, 1.807) is 0 Å². The van der Waals surface area contributed by atoms with E-state index in [1.807, 2.05) is 19.2 Å². The van der Waals surface area contributed by atoms with Crippen molar-refractivity contribution < 1.29 is 4.52 Å². The van der Waals surface area contributed by atoms with Gasteiger partial charge in [-0.05, 0) is 6.92 Å². The third kappa shape index (κ3) is 2.72. The summed E-state index contributed by atoms with van der Waals surface area (Å²) in [6.07, 6.45) is 2.96. The van der Waals surface area contributed by atoms with Crippen molar-refractivity contribution in [3.8, 4) is 0 Å². The van der Waals surface area contributed by atoms with Gasteiger partial charge in [-0.15, -0.1) is 0 Å². The first-order chi connectivity index (χ1) is 9.61. The van der Waals surface area contributed by atoms with Gasteiger partial charge in [-0.3, -0.25) is 4.90 Å². The van der Waals surface area contributed by atoms with E-state index in [0.717, 1.165) is 43.3 Å². The second-order valence-corrected chi connectivity index (χ2v) is 5.74. The van der Waals surface area contributed by atoms with E-state index in [9.17, 15) is 0 Å². The smallest absolute Gasteiger partial charge is 0.133 e. The zero-order chi connectivity index (χ0) is 14.1. The molecule has 5 nitrogen and oxygen atoms in total. The third-order valence-electron chi connectivity index (χ3n) is 3.61. The Hall–Kier alpha value is -1.75. The molecule has 0 N–H and O–H groups in total. The molecule has 1 aliphatic rings. The van der Waals surface area contributed by atoms with E-state index >= 15 is 0 Å². The van der Waals surface area contributed by atoms with Crippen LogP contribution in [-0.4, -0.2) is 26.6 Å². The van der Waals surface area contributed by atoms with Crippen molar-refractivity contribution in [2.75, 3.05) is 6.54 Å². The van der Waals surface area contributed by atoms with Gasteiger partial charge in [0.1, 0.15) is 11.6 Å². The fourth-order valence-electron chi connectivity index (χ4n) is 2.52. The summed E-state index contributed by atoms with van der Waals surface area (Å²) < 4.78 is 5.12. The maximum atomic E-state index is 5.12. The zero-order valence-electron chi connectivity index (χ0n) is 12.3. The fourth-order valence-corrected chi connectivity index (χ4v) is 2.52. The molecule has 0 saturated heterocycles. The van der Waals surface area contributed by atoms with E-state index in [2.05, 4.69) is 33.9 Å². The van der Waals surface area contributed by atoms with E-state index in [0.29, 0.717) is 5.92 Å². The number of aryl methyl sites for hydroxylation is 1. The number of aromatic nitrogens is 3. The SMILES string of the molecule is Cc1cc(CN2CCc3nc(C(C)C)ncc3C2)no1. The summed E-state index contributed by atoms with van der Waals surface area (Å²) in [5, 5.41) is 4.06. The molecule has 1 aliphatic heterocycles. The molecule has 3 rings (SSSR count). The van der Waals surface area contributed by atoms with Gasteiger partial charge in [0, 0.05) is 55.5 Å². The first-order valence-electron chi connectivity index (χ1n) is 7.11. The van der Waals surface area contributed by atoms with Crippen LogP contribution in [0.15, 0.2) is 16.8 Å². The highest BCUT2D eigenvalue weighted by molar-refractivity contribution is 5.21. The second kappa shape index (κ2) is 5.32. The summed E-state index contributed by atoms with van der Waals surface area (Å²) in [6.45, 7) is 8.90. The van der Waals surface area contributed by atoms with E-state index in [1.165, 1.54) is 11.3 Å². The van der Waals surface area contributed by atoms with Crippen molar-refractivity contribution in [2.45, 2.75) is 46.2 Å².